The first-order valence-electron chi connectivity index (χ1n) is 10.4. The van der Waals surface area contributed by atoms with Crippen LogP contribution >= 0.6 is 23.2 Å². The molecule has 2 heterocycles. The van der Waals surface area contributed by atoms with E-state index in [0.717, 1.165) is 36.1 Å². The average molecular weight is 450 g/mol. The van der Waals surface area contributed by atoms with Gasteiger partial charge in [-0.2, -0.15) is 0 Å². The summed E-state index contributed by atoms with van der Waals surface area (Å²) in [7, 11) is 1.50. The van der Waals surface area contributed by atoms with Gasteiger partial charge in [-0.3, -0.25) is 4.79 Å². The largest absolute Gasteiger partial charge is 0.491 e. The number of carbonyl (C=O) groups excluding carboxylic acids is 1. The fraction of sp³-hybridized carbons (Fsp3) is 0.435. The summed E-state index contributed by atoms with van der Waals surface area (Å²) in [5, 5.41) is 4.94. The van der Waals surface area contributed by atoms with Crippen molar-refractivity contribution >= 4 is 46.1 Å². The van der Waals surface area contributed by atoms with E-state index in [9.17, 15) is 4.79 Å². The van der Waals surface area contributed by atoms with Crippen LogP contribution in [0.1, 0.15) is 38.3 Å². The van der Waals surface area contributed by atoms with Gasteiger partial charge in [-0.1, -0.05) is 35.7 Å². The zero-order valence-corrected chi connectivity index (χ0v) is 19.0. The minimum absolute atomic E-state index is 0.205. The van der Waals surface area contributed by atoms with Crippen LogP contribution in [0, 0.1) is 0 Å². The normalized spacial score (nSPS) is 18.3. The molecule has 0 bridgehead atoms. The number of nitrogens with one attached hydrogen (secondary N) is 2. The maximum Gasteiger partial charge on any atom is 0.286 e. The van der Waals surface area contributed by atoms with Crippen LogP contribution < -0.4 is 5.32 Å². The second kappa shape index (κ2) is 10.9. The quantitative estimate of drug-likeness (QED) is 0.245. The number of amides is 1. The maximum absolute atomic E-state index is 12.4. The molecule has 1 amide bonds. The summed E-state index contributed by atoms with van der Waals surface area (Å²) in [6.45, 7) is 5.10. The molecule has 0 radical (unpaired) electrons. The zero-order valence-electron chi connectivity index (χ0n) is 17.5. The average Bonchev–Trinajstić information content (AvgIpc) is 3.11. The van der Waals surface area contributed by atoms with Gasteiger partial charge in [-0.25, -0.2) is 0 Å². The monoisotopic (exact) mass is 449 g/mol. The topological polar surface area (TPSA) is 57.4 Å². The molecule has 2 aromatic rings. The molecule has 7 heteroatoms. The van der Waals surface area contributed by atoms with Crippen molar-refractivity contribution in [2.45, 2.75) is 38.6 Å². The van der Waals surface area contributed by atoms with Crippen LogP contribution in [0.2, 0.25) is 10.0 Å². The first-order chi connectivity index (χ1) is 14.5. The van der Waals surface area contributed by atoms with Crippen molar-refractivity contribution in [3.8, 4) is 0 Å². The highest BCUT2D eigenvalue weighted by Crippen LogP contribution is 2.28. The van der Waals surface area contributed by atoms with Crippen LogP contribution in [0.25, 0.3) is 17.0 Å². The van der Waals surface area contributed by atoms with Gasteiger partial charge in [0.15, 0.2) is 5.76 Å². The number of hydrogen-bond acceptors (Lipinski definition) is 3. The standard InChI is InChI=1S/C23H29Cl2N3O2/c1-16-7-3-4-11-28(16)12-6-10-26-23(29)22(30-2)9-5-8-18-13-17-14-19(24)20(25)15-21(17)27-18/h5,8-9,13-16,27H,3-4,6-7,10-12H2,1-2H3,(H,26,29)/b8-5+,22-9-/t16-/m0/s1. The first kappa shape index (κ1) is 22.7. The Balaban J connectivity index is 1.51. The van der Waals surface area contributed by atoms with Gasteiger partial charge in [-0.15, -0.1) is 0 Å². The molecule has 0 spiro atoms. The van der Waals surface area contributed by atoms with Crippen molar-refractivity contribution in [2.24, 2.45) is 0 Å². The molecule has 0 saturated carbocycles. The van der Waals surface area contributed by atoms with Gasteiger partial charge >= 0.3 is 0 Å². The van der Waals surface area contributed by atoms with Crippen molar-refractivity contribution in [2.75, 3.05) is 26.7 Å². The Morgan fingerprint density at radius 3 is 2.87 bits per heavy atom. The summed E-state index contributed by atoms with van der Waals surface area (Å²) in [5.74, 6) is 0.0730. The molecule has 5 nitrogen and oxygen atoms in total. The number of H-pyrrole nitrogens is 1. The Kier molecular flexibility index (Phi) is 8.25. The third kappa shape index (κ3) is 6.03. The van der Waals surface area contributed by atoms with Crippen molar-refractivity contribution < 1.29 is 9.53 Å². The number of methoxy groups -OCH3 is 1. The highest BCUT2D eigenvalue weighted by atomic mass is 35.5. The Hall–Kier alpha value is -1.95. The summed E-state index contributed by atoms with van der Waals surface area (Å²) >= 11 is 12.1. The second-order valence-corrected chi connectivity index (χ2v) is 8.48. The third-order valence-corrected chi connectivity index (χ3v) is 6.22. The number of aromatic nitrogens is 1. The Morgan fingerprint density at radius 2 is 2.10 bits per heavy atom. The maximum atomic E-state index is 12.4. The number of aromatic amines is 1. The van der Waals surface area contributed by atoms with Crippen molar-refractivity contribution in [1.82, 2.24) is 15.2 Å². The smallest absolute Gasteiger partial charge is 0.286 e. The highest BCUT2D eigenvalue weighted by Gasteiger charge is 2.17. The highest BCUT2D eigenvalue weighted by molar-refractivity contribution is 6.42. The zero-order chi connectivity index (χ0) is 21.5. The van der Waals surface area contributed by atoms with Gasteiger partial charge in [0.05, 0.1) is 17.2 Å². The fourth-order valence-corrected chi connectivity index (χ4v) is 4.11. The third-order valence-electron chi connectivity index (χ3n) is 5.50. The number of nitrogens with zero attached hydrogens (tertiary/aromatic N) is 1. The number of benzene rings is 1. The van der Waals surface area contributed by atoms with E-state index >= 15 is 0 Å². The van der Waals surface area contributed by atoms with Crippen LogP contribution in [0.5, 0.6) is 0 Å². The van der Waals surface area contributed by atoms with Crippen molar-refractivity contribution in [3.63, 3.8) is 0 Å². The van der Waals surface area contributed by atoms with Crippen LogP contribution in [-0.2, 0) is 9.53 Å². The van der Waals surface area contributed by atoms with Crippen LogP contribution in [0.15, 0.2) is 36.1 Å². The van der Waals surface area contributed by atoms with Crippen molar-refractivity contribution in [3.05, 3.63) is 51.8 Å². The first-order valence-corrected chi connectivity index (χ1v) is 11.2. The van der Waals surface area contributed by atoms with Crippen LogP contribution in [0.3, 0.4) is 0 Å². The number of ether oxygens (including phenoxy) is 1. The number of hydrogen-bond donors (Lipinski definition) is 2. The molecule has 1 fully saturated rings. The van der Waals surface area contributed by atoms with Gasteiger partial charge in [0.25, 0.3) is 5.91 Å². The SMILES string of the molecule is CO/C(=C\C=C\c1cc2cc(Cl)c(Cl)cc2[nH]1)C(=O)NCCCN1CCCC[C@@H]1C. The van der Waals surface area contributed by atoms with E-state index in [2.05, 4.69) is 22.1 Å². The number of carbonyl (C=O) groups is 1. The molecule has 0 aliphatic carbocycles. The number of rotatable bonds is 8. The van der Waals surface area contributed by atoms with E-state index < -0.39 is 0 Å². The van der Waals surface area contributed by atoms with Crippen molar-refractivity contribution in [1.29, 1.82) is 0 Å². The molecule has 1 saturated heterocycles. The van der Waals surface area contributed by atoms with Gasteiger partial charge in [0.2, 0.25) is 0 Å². The molecule has 1 aliphatic rings. The van der Waals surface area contributed by atoms with E-state index in [-0.39, 0.29) is 11.7 Å². The molecular formula is C23H29Cl2N3O2. The summed E-state index contributed by atoms with van der Waals surface area (Å²) in [5.41, 5.74) is 1.78. The van der Waals surface area contributed by atoms with E-state index in [1.54, 1.807) is 18.2 Å². The van der Waals surface area contributed by atoms with Gasteiger partial charge in [0, 0.05) is 35.7 Å². The number of allylic oxidation sites excluding steroid dienone is 2. The van der Waals surface area contributed by atoms with E-state index in [0.29, 0.717) is 22.6 Å². The number of piperidine rings is 1. The Bertz CT molecular complexity index is 897. The van der Waals surface area contributed by atoms with E-state index in [4.69, 9.17) is 27.9 Å². The lowest BCUT2D eigenvalue weighted by atomic mass is 10.0. The number of fused-ring (bicyclic) bond motifs is 1. The predicted octanol–water partition coefficient (Wildman–Crippen LogP) is 5.40. The molecule has 3 rings (SSSR count). The van der Waals surface area contributed by atoms with E-state index in [1.807, 2.05) is 18.2 Å². The Labute approximate surface area is 188 Å². The number of likely N-dealkylation sites (tertiary alicyclic amines) is 1. The molecule has 30 heavy (non-hydrogen) atoms. The van der Waals surface area contributed by atoms with Crippen LogP contribution in [-0.4, -0.2) is 48.6 Å². The lowest BCUT2D eigenvalue weighted by Gasteiger charge is -2.33. The molecule has 1 aromatic carbocycles. The lowest BCUT2D eigenvalue weighted by Crippen LogP contribution is -2.39. The van der Waals surface area contributed by atoms with Gasteiger partial charge < -0.3 is 19.9 Å². The summed E-state index contributed by atoms with van der Waals surface area (Å²) in [4.78, 5) is 18.1. The summed E-state index contributed by atoms with van der Waals surface area (Å²) in [6, 6.07) is 6.23. The Morgan fingerprint density at radius 1 is 1.30 bits per heavy atom. The molecule has 1 aliphatic heterocycles. The predicted molar refractivity (Wildman–Crippen MR) is 125 cm³/mol. The van der Waals surface area contributed by atoms with E-state index in [1.165, 1.54) is 26.4 Å². The molecule has 1 atom stereocenters. The number of halogens is 2. The van der Waals surface area contributed by atoms with Gasteiger partial charge in [-0.05, 0) is 63.1 Å². The summed E-state index contributed by atoms with van der Waals surface area (Å²) in [6.07, 6.45) is 10.1. The summed E-state index contributed by atoms with van der Waals surface area (Å²) < 4.78 is 5.25. The molecule has 1 aromatic heterocycles. The minimum atomic E-state index is -0.205. The second-order valence-electron chi connectivity index (χ2n) is 7.66. The molecule has 0 unspecified atom stereocenters. The lowest BCUT2D eigenvalue weighted by molar-refractivity contribution is -0.120. The fourth-order valence-electron chi connectivity index (χ4n) is 3.78. The molecule has 162 valence electrons. The minimum Gasteiger partial charge on any atom is -0.491 e. The molecule has 2 N–H and O–H groups in total. The molecular weight excluding hydrogens is 421 g/mol. The van der Waals surface area contributed by atoms with Gasteiger partial charge in [0.1, 0.15) is 0 Å². The van der Waals surface area contributed by atoms with Crippen LogP contribution in [0.4, 0.5) is 0 Å².